The largest absolute Gasteiger partial charge is 0.493 e. The maximum atomic E-state index is 12.8. The fraction of sp³-hybridized carbons (Fsp3) is 0.222. The minimum Gasteiger partial charge on any atom is -0.493 e. The van der Waals surface area contributed by atoms with Crippen LogP contribution in [-0.2, 0) is 0 Å². The monoisotopic (exact) mass is 434 g/mol. The lowest BCUT2D eigenvalue weighted by molar-refractivity contribution is 0.0753. The summed E-state index contributed by atoms with van der Waals surface area (Å²) in [5.41, 5.74) is 3.50. The first-order valence-electron chi connectivity index (χ1n) is 7.56. The Morgan fingerprint density at radius 3 is 2.54 bits per heavy atom. The number of hydrazone groups is 1. The van der Waals surface area contributed by atoms with Crippen molar-refractivity contribution in [1.82, 2.24) is 5.01 Å². The van der Waals surface area contributed by atoms with Crippen LogP contribution >= 0.6 is 22.6 Å². The maximum Gasteiger partial charge on any atom is 0.278 e. The number of nitrogens with zero attached hydrogens (tertiary/aromatic N) is 2. The van der Waals surface area contributed by atoms with Crippen LogP contribution in [0.2, 0.25) is 0 Å². The van der Waals surface area contributed by atoms with Gasteiger partial charge in [0.2, 0.25) is 0 Å². The summed E-state index contributed by atoms with van der Waals surface area (Å²) in [7, 11) is 3.12. The van der Waals surface area contributed by atoms with E-state index in [2.05, 4.69) is 27.7 Å². The number of halogens is 1. The highest BCUT2D eigenvalue weighted by molar-refractivity contribution is 14.1. The van der Waals surface area contributed by atoms with Gasteiger partial charge in [0.15, 0.2) is 11.5 Å². The maximum absolute atomic E-state index is 12.8. The van der Waals surface area contributed by atoms with E-state index in [0.29, 0.717) is 23.5 Å². The summed E-state index contributed by atoms with van der Waals surface area (Å²) in [6.45, 7) is 0. The van der Waals surface area contributed by atoms with E-state index < -0.39 is 0 Å². The minimum absolute atomic E-state index is 0.0680. The highest BCUT2D eigenvalue weighted by Crippen LogP contribution is 2.47. The Morgan fingerprint density at radius 1 is 1.12 bits per heavy atom. The third kappa shape index (κ3) is 2.20. The van der Waals surface area contributed by atoms with Crippen molar-refractivity contribution in [3.63, 3.8) is 0 Å². The van der Waals surface area contributed by atoms with Crippen LogP contribution in [-0.4, -0.2) is 30.8 Å². The average molecular weight is 434 g/mol. The number of carbonyl (C=O) groups is 1. The van der Waals surface area contributed by atoms with Crippen molar-refractivity contribution in [2.75, 3.05) is 14.2 Å². The van der Waals surface area contributed by atoms with Gasteiger partial charge >= 0.3 is 0 Å². The standard InChI is InChI=1S/C18H15IN2O3/c1-23-15-8-7-12-14-9-13(10-3-5-11(19)6-4-10)20-21(14)18(22)16(12)17(15)24-2/h3-8,14H,9H2,1-2H3/t14-/m1/s1. The first-order chi connectivity index (χ1) is 11.6. The molecule has 2 aromatic carbocycles. The van der Waals surface area contributed by atoms with Gasteiger partial charge in [0.05, 0.1) is 31.5 Å². The Morgan fingerprint density at radius 2 is 1.88 bits per heavy atom. The van der Waals surface area contributed by atoms with Gasteiger partial charge in [0.25, 0.3) is 5.91 Å². The second kappa shape index (κ2) is 5.77. The molecule has 24 heavy (non-hydrogen) atoms. The molecule has 1 amide bonds. The summed E-state index contributed by atoms with van der Waals surface area (Å²) in [6, 6.07) is 11.9. The van der Waals surface area contributed by atoms with Crippen molar-refractivity contribution in [3.8, 4) is 11.5 Å². The van der Waals surface area contributed by atoms with Crippen molar-refractivity contribution >= 4 is 34.2 Å². The van der Waals surface area contributed by atoms with Crippen LogP contribution < -0.4 is 9.47 Å². The molecule has 0 saturated heterocycles. The summed E-state index contributed by atoms with van der Waals surface area (Å²) in [5, 5.41) is 6.15. The van der Waals surface area contributed by atoms with Crippen molar-refractivity contribution in [2.24, 2.45) is 5.10 Å². The van der Waals surface area contributed by atoms with Crippen LogP contribution in [0.15, 0.2) is 41.5 Å². The Balaban J connectivity index is 1.74. The first kappa shape index (κ1) is 15.4. The third-order valence-electron chi connectivity index (χ3n) is 4.45. The molecule has 0 fully saturated rings. The number of benzene rings is 2. The SMILES string of the molecule is COc1ccc2c(c1OC)C(=O)N1N=C(c3ccc(I)cc3)C[C@H]21. The molecule has 0 bridgehead atoms. The lowest BCUT2D eigenvalue weighted by atomic mass is 9.97. The van der Waals surface area contributed by atoms with Gasteiger partial charge in [-0.25, -0.2) is 5.01 Å². The third-order valence-corrected chi connectivity index (χ3v) is 5.17. The Labute approximate surface area is 153 Å². The molecule has 0 N–H and O–H groups in total. The molecule has 2 aromatic rings. The van der Waals surface area contributed by atoms with Crippen LogP contribution in [0.1, 0.15) is 33.9 Å². The van der Waals surface area contributed by atoms with Gasteiger partial charge in [0.1, 0.15) is 0 Å². The molecule has 2 aliphatic heterocycles. The number of carbonyl (C=O) groups excluding carboxylic acids is 1. The molecule has 0 aliphatic carbocycles. The lowest BCUT2D eigenvalue weighted by Crippen LogP contribution is -2.18. The summed E-state index contributed by atoms with van der Waals surface area (Å²) in [4.78, 5) is 12.8. The van der Waals surface area contributed by atoms with Crippen LogP contribution in [0.5, 0.6) is 11.5 Å². The normalized spacial score (nSPS) is 18.3. The van der Waals surface area contributed by atoms with Gasteiger partial charge in [-0.15, -0.1) is 0 Å². The Kier molecular flexibility index (Phi) is 3.71. The van der Waals surface area contributed by atoms with Crippen LogP contribution in [0.3, 0.4) is 0 Å². The van der Waals surface area contributed by atoms with E-state index in [1.165, 1.54) is 3.57 Å². The fourth-order valence-corrected chi connectivity index (χ4v) is 3.67. The van der Waals surface area contributed by atoms with Gasteiger partial charge in [-0.05, 0) is 51.9 Å². The van der Waals surface area contributed by atoms with Crippen molar-refractivity contribution in [3.05, 3.63) is 56.7 Å². The molecule has 5 nitrogen and oxygen atoms in total. The zero-order valence-corrected chi connectivity index (χ0v) is 15.4. The van der Waals surface area contributed by atoms with E-state index in [4.69, 9.17) is 9.47 Å². The summed E-state index contributed by atoms with van der Waals surface area (Å²) in [5.74, 6) is 0.916. The van der Waals surface area contributed by atoms with Crippen molar-refractivity contribution in [1.29, 1.82) is 0 Å². The number of ether oxygens (including phenoxy) is 2. The Bertz CT molecular complexity index is 861. The molecule has 0 aromatic heterocycles. The van der Waals surface area contributed by atoms with E-state index >= 15 is 0 Å². The number of hydrogen-bond donors (Lipinski definition) is 0. The molecular weight excluding hydrogens is 419 g/mol. The number of amides is 1. The summed E-state index contributed by atoms with van der Waals surface area (Å²) >= 11 is 2.27. The molecule has 2 heterocycles. The van der Waals surface area contributed by atoms with Crippen LogP contribution in [0.25, 0.3) is 0 Å². The zero-order chi connectivity index (χ0) is 16.8. The number of hydrogen-bond acceptors (Lipinski definition) is 4. The molecule has 0 spiro atoms. The molecule has 6 heteroatoms. The molecule has 0 radical (unpaired) electrons. The zero-order valence-electron chi connectivity index (χ0n) is 13.2. The van der Waals surface area contributed by atoms with Gasteiger partial charge in [-0.1, -0.05) is 18.2 Å². The number of rotatable bonds is 3. The quantitative estimate of drug-likeness (QED) is 0.694. The van der Waals surface area contributed by atoms with E-state index in [1.54, 1.807) is 19.2 Å². The predicted octanol–water partition coefficient (Wildman–Crippen LogP) is 3.61. The van der Waals surface area contributed by atoms with Gasteiger partial charge in [0, 0.05) is 9.99 Å². The molecule has 122 valence electrons. The smallest absolute Gasteiger partial charge is 0.278 e. The van der Waals surface area contributed by atoms with E-state index in [0.717, 1.165) is 16.8 Å². The molecule has 0 saturated carbocycles. The Hall–Kier alpha value is -2.09. The molecule has 2 aliphatic rings. The highest BCUT2D eigenvalue weighted by Gasteiger charge is 2.44. The summed E-state index contributed by atoms with van der Waals surface area (Å²) in [6.07, 6.45) is 0.703. The lowest BCUT2D eigenvalue weighted by Gasteiger charge is -2.12. The predicted molar refractivity (Wildman–Crippen MR) is 98.8 cm³/mol. The van der Waals surface area contributed by atoms with Crippen LogP contribution in [0, 0.1) is 3.57 Å². The topological polar surface area (TPSA) is 51.1 Å². The second-order valence-corrected chi connectivity index (χ2v) is 6.93. The van der Waals surface area contributed by atoms with E-state index in [9.17, 15) is 4.79 Å². The molecular formula is C18H15IN2O3. The number of fused-ring (bicyclic) bond motifs is 3. The van der Waals surface area contributed by atoms with E-state index in [-0.39, 0.29) is 11.9 Å². The first-order valence-corrected chi connectivity index (χ1v) is 8.63. The van der Waals surface area contributed by atoms with E-state index in [1.807, 2.05) is 36.4 Å². The van der Waals surface area contributed by atoms with Crippen molar-refractivity contribution in [2.45, 2.75) is 12.5 Å². The molecule has 4 rings (SSSR count). The minimum atomic E-state index is -0.133. The molecule has 1 atom stereocenters. The van der Waals surface area contributed by atoms with Gasteiger partial charge in [-0.3, -0.25) is 4.79 Å². The van der Waals surface area contributed by atoms with Gasteiger partial charge in [-0.2, -0.15) is 5.10 Å². The fourth-order valence-electron chi connectivity index (χ4n) is 3.31. The molecule has 0 unspecified atom stereocenters. The summed E-state index contributed by atoms with van der Waals surface area (Å²) < 4.78 is 11.9. The van der Waals surface area contributed by atoms with Crippen molar-refractivity contribution < 1.29 is 14.3 Å². The van der Waals surface area contributed by atoms with Crippen LogP contribution in [0.4, 0.5) is 0 Å². The van der Waals surface area contributed by atoms with Gasteiger partial charge < -0.3 is 9.47 Å². The highest BCUT2D eigenvalue weighted by atomic mass is 127. The average Bonchev–Trinajstić information content (AvgIpc) is 3.14. The number of methoxy groups -OCH3 is 2. The second-order valence-electron chi connectivity index (χ2n) is 5.69.